The van der Waals surface area contributed by atoms with Crippen LogP contribution < -0.4 is 5.32 Å². The largest absolute Gasteiger partial charge is 0.337 e. The summed E-state index contributed by atoms with van der Waals surface area (Å²) in [5.74, 6) is -0.286. The summed E-state index contributed by atoms with van der Waals surface area (Å²) in [6.45, 7) is 0. The zero-order valence-electron chi connectivity index (χ0n) is 8.05. The minimum Gasteiger partial charge on any atom is -0.337 e. The number of hydrogen-bond donors (Lipinski definition) is 1. The van der Waals surface area contributed by atoms with Crippen molar-refractivity contribution in [3.05, 3.63) is 51.8 Å². The number of rotatable bonds is 2. The highest BCUT2D eigenvalue weighted by Crippen LogP contribution is 2.25. The molecule has 0 fully saturated rings. The van der Waals surface area contributed by atoms with E-state index in [1.807, 2.05) is 6.07 Å². The summed E-state index contributed by atoms with van der Waals surface area (Å²) in [5, 5.41) is 3.35. The molecule has 1 aromatic carbocycles. The SMILES string of the molecule is Fc1cc(Br)cnc1Nc1ccccc1Cl. The van der Waals surface area contributed by atoms with Gasteiger partial charge in [0.05, 0.1) is 10.7 Å². The molecule has 0 saturated heterocycles. The van der Waals surface area contributed by atoms with Gasteiger partial charge in [-0.3, -0.25) is 0 Å². The van der Waals surface area contributed by atoms with Gasteiger partial charge in [0.1, 0.15) is 0 Å². The fourth-order valence-corrected chi connectivity index (χ4v) is 1.68. The second kappa shape index (κ2) is 4.80. The van der Waals surface area contributed by atoms with E-state index in [0.29, 0.717) is 15.2 Å². The van der Waals surface area contributed by atoms with Crippen LogP contribution in [0.2, 0.25) is 5.02 Å². The molecule has 2 nitrogen and oxygen atoms in total. The maximum absolute atomic E-state index is 13.5. The van der Waals surface area contributed by atoms with E-state index in [1.165, 1.54) is 12.3 Å². The highest BCUT2D eigenvalue weighted by molar-refractivity contribution is 9.10. The van der Waals surface area contributed by atoms with E-state index < -0.39 is 5.82 Å². The quantitative estimate of drug-likeness (QED) is 0.890. The molecule has 1 heterocycles. The number of aromatic nitrogens is 1. The molecule has 0 spiro atoms. The topological polar surface area (TPSA) is 24.9 Å². The van der Waals surface area contributed by atoms with Crippen molar-refractivity contribution in [2.24, 2.45) is 0 Å². The van der Waals surface area contributed by atoms with E-state index in [0.717, 1.165) is 0 Å². The first-order valence-corrected chi connectivity index (χ1v) is 5.66. The number of halogens is 3. The Hall–Kier alpha value is -1.13. The van der Waals surface area contributed by atoms with Crippen LogP contribution in [0.25, 0.3) is 0 Å². The monoisotopic (exact) mass is 300 g/mol. The summed E-state index contributed by atoms with van der Waals surface area (Å²) in [7, 11) is 0. The molecule has 0 amide bonds. The van der Waals surface area contributed by atoms with Gasteiger partial charge >= 0.3 is 0 Å². The lowest BCUT2D eigenvalue weighted by atomic mass is 10.3. The number of benzene rings is 1. The Morgan fingerprint density at radius 3 is 2.75 bits per heavy atom. The number of para-hydroxylation sites is 1. The summed E-state index contributed by atoms with van der Waals surface area (Å²) in [6.07, 6.45) is 1.52. The fourth-order valence-electron chi connectivity index (χ4n) is 1.20. The molecule has 5 heteroatoms. The molecule has 0 unspecified atom stereocenters. The van der Waals surface area contributed by atoms with Crippen molar-refractivity contribution in [2.75, 3.05) is 5.32 Å². The summed E-state index contributed by atoms with van der Waals surface area (Å²) in [5.41, 5.74) is 0.623. The molecular weight excluding hydrogens is 294 g/mol. The first-order chi connectivity index (χ1) is 7.66. The van der Waals surface area contributed by atoms with E-state index in [-0.39, 0.29) is 5.82 Å². The Morgan fingerprint density at radius 1 is 1.31 bits per heavy atom. The minimum absolute atomic E-state index is 0.149. The molecule has 1 N–H and O–H groups in total. The average Bonchev–Trinajstić information content (AvgIpc) is 2.25. The summed E-state index contributed by atoms with van der Waals surface area (Å²) in [4.78, 5) is 3.92. The standard InChI is InChI=1S/C11H7BrClFN2/c12-7-5-9(14)11(15-6-7)16-10-4-2-1-3-8(10)13/h1-6H,(H,15,16). The molecule has 0 saturated carbocycles. The third kappa shape index (κ3) is 2.51. The van der Waals surface area contributed by atoms with E-state index in [1.54, 1.807) is 18.2 Å². The summed E-state index contributed by atoms with van der Waals surface area (Å²) in [6, 6.07) is 8.43. The van der Waals surface area contributed by atoms with Gasteiger partial charge in [-0.25, -0.2) is 9.37 Å². The number of pyridine rings is 1. The van der Waals surface area contributed by atoms with Crippen molar-refractivity contribution in [3.63, 3.8) is 0 Å². The molecule has 0 aliphatic rings. The first-order valence-electron chi connectivity index (χ1n) is 4.49. The predicted octanol–water partition coefficient (Wildman–Crippen LogP) is 4.38. The molecule has 82 valence electrons. The number of anilines is 2. The zero-order valence-corrected chi connectivity index (χ0v) is 10.4. The van der Waals surface area contributed by atoms with Crippen LogP contribution in [0.15, 0.2) is 41.0 Å². The van der Waals surface area contributed by atoms with Crippen molar-refractivity contribution in [1.82, 2.24) is 4.98 Å². The van der Waals surface area contributed by atoms with Gasteiger partial charge in [0.2, 0.25) is 0 Å². The van der Waals surface area contributed by atoms with E-state index >= 15 is 0 Å². The molecular formula is C11H7BrClFN2. The third-order valence-corrected chi connectivity index (χ3v) is 2.70. The lowest BCUT2D eigenvalue weighted by molar-refractivity contribution is 0.625. The van der Waals surface area contributed by atoms with Gasteiger partial charge in [-0.05, 0) is 34.1 Å². The number of hydrogen-bond acceptors (Lipinski definition) is 2. The van der Waals surface area contributed by atoms with Crippen molar-refractivity contribution < 1.29 is 4.39 Å². The minimum atomic E-state index is -0.436. The van der Waals surface area contributed by atoms with Crippen molar-refractivity contribution in [1.29, 1.82) is 0 Å². The van der Waals surface area contributed by atoms with Gasteiger partial charge in [-0.1, -0.05) is 23.7 Å². The van der Waals surface area contributed by atoms with Crippen LogP contribution in [0.3, 0.4) is 0 Å². The zero-order chi connectivity index (χ0) is 11.5. The molecule has 2 rings (SSSR count). The van der Waals surface area contributed by atoms with Gasteiger partial charge < -0.3 is 5.32 Å². The van der Waals surface area contributed by atoms with Gasteiger partial charge in [-0.15, -0.1) is 0 Å². The second-order valence-electron chi connectivity index (χ2n) is 3.09. The van der Waals surface area contributed by atoms with Crippen LogP contribution >= 0.6 is 27.5 Å². The molecule has 0 aliphatic heterocycles. The molecule has 1 aromatic heterocycles. The average molecular weight is 302 g/mol. The summed E-state index contributed by atoms with van der Waals surface area (Å²) >= 11 is 9.08. The molecule has 0 aliphatic carbocycles. The molecule has 0 radical (unpaired) electrons. The second-order valence-corrected chi connectivity index (χ2v) is 4.41. The van der Waals surface area contributed by atoms with Crippen molar-refractivity contribution in [2.45, 2.75) is 0 Å². The molecule has 0 bridgehead atoms. The van der Waals surface area contributed by atoms with Crippen molar-refractivity contribution in [3.8, 4) is 0 Å². The van der Waals surface area contributed by atoms with E-state index in [2.05, 4.69) is 26.2 Å². The Morgan fingerprint density at radius 2 is 2.06 bits per heavy atom. The van der Waals surface area contributed by atoms with Gasteiger partial charge in [0.25, 0.3) is 0 Å². The van der Waals surface area contributed by atoms with Crippen molar-refractivity contribution >= 4 is 39.0 Å². The van der Waals surface area contributed by atoms with Crippen LogP contribution in [-0.2, 0) is 0 Å². The lowest BCUT2D eigenvalue weighted by Crippen LogP contribution is -1.97. The highest BCUT2D eigenvalue weighted by Gasteiger charge is 2.06. The number of nitrogens with one attached hydrogen (secondary N) is 1. The molecule has 2 aromatic rings. The van der Waals surface area contributed by atoms with Gasteiger partial charge in [0, 0.05) is 10.7 Å². The Kier molecular flexibility index (Phi) is 3.41. The van der Waals surface area contributed by atoms with Crippen LogP contribution in [0.5, 0.6) is 0 Å². The van der Waals surface area contributed by atoms with E-state index in [9.17, 15) is 4.39 Å². The van der Waals surface area contributed by atoms with Crippen LogP contribution in [0.4, 0.5) is 15.9 Å². The summed E-state index contributed by atoms with van der Waals surface area (Å²) < 4.78 is 14.1. The maximum atomic E-state index is 13.5. The molecule has 16 heavy (non-hydrogen) atoms. The van der Waals surface area contributed by atoms with Gasteiger partial charge in [-0.2, -0.15) is 0 Å². The van der Waals surface area contributed by atoms with Crippen LogP contribution in [0, 0.1) is 5.82 Å². The van der Waals surface area contributed by atoms with Crippen LogP contribution in [-0.4, -0.2) is 4.98 Å². The fraction of sp³-hybridized carbons (Fsp3) is 0. The maximum Gasteiger partial charge on any atom is 0.166 e. The molecule has 0 atom stereocenters. The Bertz CT molecular complexity index is 519. The number of nitrogens with zero attached hydrogens (tertiary/aromatic N) is 1. The van der Waals surface area contributed by atoms with Crippen LogP contribution in [0.1, 0.15) is 0 Å². The van der Waals surface area contributed by atoms with E-state index in [4.69, 9.17) is 11.6 Å². The normalized spacial score (nSPS) is 10.2. The smallest absolute Gasteiger partial charge is 0.166 e. The predicted molar refractivity (Wildman–Crippen MR) is 66.6 cm³/mol. The Balaban J connectivity index is 2.31. The first kappa shape index (κ1) is 11.4. The third-order valence-electron chi connectivity index (χ3n) is 1.93. The lowest BCUT2D eigenvalue weighted by Gasteiger charge is -2.07. The van der Waals surface area contributed by atoms with Gasteiger partial charge in [0.15, 0.2) is 11.6 Å². The Labute approximate surface area is 106 Å². The highest BCUT2D eigenvalue weighted by atomic mass is 79.9.